The number of aryl methyl sites for hydroxylation is 1. The molecule has 1 atom stereocenters. The molecular formula is C21H23N5O2S2. The van der Waals surface area contributed by atoms with Gasteiger partial charge in [-0.25, -0.2) is 4.79 Å². The molecule has 1 fully saturated rings. The van der Waals surface area contributed by atoms with Crippen molar-refractivity contribution < 1.29 is 9.59 Å². The molecule has 156 valence electrons. The van der Waals surface area contributed by atoms with Crippen LogP contribution in [0.4, 0.5) is 4.79 Å². The van der Waals surface area contributed by atoms with Crippen LogP contribution in [0, 0.1) is 0 Å². The molecule has 0 bridgehead atoms. The molecule has 4 rings (SSSR count). The van der Waals surface area contributed by atoms with Crippen molar-refractivity contribution in [1.82, 2.24) is 25.0 Å². The minimum atomic E-state index is -0.428. The normalized spacial score (nSPS) is 14.7. The number of urea groups is 1. The summed E-state index contributed by atoms with van der Waals surface area (Å²) < 4.78 is 2.10. The van der Waals surface area contributed by atoms with Crippen LogP contribution in [0.5, 0.6) is 0 Å². The average molecular weight is 442 g/mol. The Morgan fingerprint density at radius 1 is 1.23 bits per heavy atom. The number of hydrogen-bond donors (Lipinski definition) is 1. The summed E-state index contributed by atoms with van der Waals surface area (Å²) in [4.78, 5) is 27.0. The molecule has 1 aliphatic rings. The maximum atomic E-state index is 12.7. The highest BCUT2D eigenvalue weighted by Crippen LogP contribution is 2.26. The minimum absolute atomic E-state index is 0.201. The van der Waals surface area contributed by atoms with Gasteiger partial charge in [-0.05, 0) is 30.4 Å². The Kier molecular flexibility index (Phi) is 6.49. The van der Waals surface area contributed by atoms with Gasteiger partial charge in [0.2, 0.25) is 5.91 Å². The van der Waals surface area contributed by atoms with Crippen molar-refractivity contribution in [3.05, 3.63) is 64.1 Å². The average Bonchev–Trinajstić information content (AvgIpc) is 3.50. The number of thioether (sulfide) groups is 1. The largest absolute Gasteiger partial charge is 0.336 e. The van der Waals surface area contributed by atoms with E-state index in [9.17, 15) is 9.59 Å². The molecule has 1 saturated heterocycles. The molecule has 1 unspecified atom stereocenters. The van der Waals surface area contributed by atoms with E-state index in [2.05, 4.69) is 43.7 Å². The molecule has 7 nitrogen and oxygen atoms in total. The lowest BCUT2D eigenvalue weighted by molar-refractivity contribution is -0.126. The van der Waals surface area contributed by atoms with Gasteiger partial charge in [0.1, 0.15) is 5.82 Å². The summed E-state index contributed by atoms with van der Waals surface area (Å²) in [5.41, 5.74) is 1.24. The van der Waals surface area contributed by atoms with Crippen LogP contribution in [0.25, 0.3) is 0 Å². The van der Waals surface area contributed by atoms with Gasteiger partial charge in [-0.2, -0.15) is 0 Å². The summed E-state index contributed by atoms with van der Waals surface area (Å²) in [6.45, 7) is 3.45. The number of nitrogens with zero attached hydrogens (tertiary/aromatic N) is 4. The molecule has 1 aromatic carbocycles. The van der Waals surface area contributed by atoms with Crippen molar-refractivity contribution in [3.8, 4) is 0 Å². The van der Waals surface area contributed by atoms with Crippen molar-refractivity contribution in [3.63, 3.8) is 0 Å². The van der Waals surface area contributed by atoms with Gasteiger partial charge in [0.15, 0.2) is 5.16 Å². The van der Waals surface area contributed by atoms with Crippen LogP contribution < -0.4 is 5.32 Å². The van der Waals surface area contributed by atoms with E-state index in [-0.39, 0.29) is 11.9 Å². The lowest BCUT2D eigenvalue weighted by Gasteiger charge is -2.17. The van der Waals surface area contributed by atoms with Crippen LogP contribution in [0.3, 0.4) is 0 Å². The first-order valence-corrected chi connectivity index (χ1v) is 11.6. The summed E-state index contributed by atoms with van der Waals surface area (Å²) in [5.74, 6) is 0.682. The second kappa shape index (κ2) is 9.44. The molecule has 3 amide bonds. The minimum Gasteiger partial charge on any atom is -0.336 e. The SMILES string of the molecule is CC(Sc1nnc(Cc2cccs2)n1CCc1ccccc1)C(=O)N1CCNC1=O. The fourth-order valence-corrected chi connectivity index (χ4v) is 4.98. The Bertz CT molecular complexity index is 1000. The van der Waals surface area contributed by atoms with Gasteiger partial charge in [-0.1, -0.05) is 48.2 Å². The van der Waals surface area contributed by atoms with Crippen LogP contribution in [-0.4, -0.2) is 49.9 Å². The molecule has 0 aliphatic carbocycles. The summed E-state index contributed by atoms with van der Waals surface area (Å²) in [6.07, 6.45) is 1.55. The van der Waals surface area contributed by atoms with Crippen LogP contribution in [0.1, 0.15) is 23.2 Å². The molecule has 30 heavy (non-hydrogen) atoms. The molecular weight excluding hydrogens is 418 g/mol. The first-order chi connectivity index (χ1) is 14.6. The molecule has 1 aliphatic heterocycles. The van der Waals surface area contributed by atoms with E-state index in [0.29, 0.717) is 24.7 Å². The third kappa shape index (κ3) is 4.73. The van der Waals surface area contributed by atoms with Crippen LogP contribution in [-0.2, 0) is 24.2 Å². The number of hydrogen-bond acceptors (Lipinski definition) is 6. The van der Waals surface area contributed by atoms with E-state index in [1.165, 1.54) is 27.1 Å². The van der Waals surface area contributed by atoms with Crippen molar-refractivity contribution >= 4 is 35.0 Å². The molecule has 0 saturated carbocycles. The summed E-state index contributed by atoms with van der Waals surface area (Å²) in [6, 6.07) is 14.1. The number of benzene rings is 1. The third-order valence-corrected chi connectivity index (χ3v) is 6.87. The van der Waals surface area contributed by atoms with Gasteiger partial charge in [-0.3, -0.25) is 9.69 Å². The number of aromatic nitrogens is 3. The maximum Gasteiger partial charge on any atom is 0.324 e. The van der Waals surface area contributed by atoms with Crippen LogP contribution in [0.2, 0.25) is 0 Å². The highest BCUT2D eigenvalue weighted by Gasteiger charge is 2.31. The first kappa shape index (κ1) is 20.6. The standard InChI is InChI=1S/C21H23N5O2S2/c1-15(19(27)26-12-10-22-20(26)28)30-21-24-23-18(14-17-8-5-13-29-17)25(21)11-9-16-6-3-2-4-7-16/h2-8,13,15H,9-12,14H2,1H3,(H,22,28). The fourth-order valence-electron chi connectivity index (χ4n) is 3.33. The third-order valence-electron chi connectivity index (χ3n) is 4.93. The van der Waals surface area contributed by atoms with E-state index in [1.807, 2.05) is 31.2 Å². The van der Waals surface area contributed by atoms with Crippen molar-refractivity contribution in [1.29, 1.82) is 0 Å². The Morgan fingerprint density at radius 2 is 2.07 bits per heavy atom. The van der Waals surface area contributed by atoms with Gasteiger partial charge >= 0.3 is 6.03 Å². The zero-order valence-electron chi connectivity index (χ0n) is 16.7. The Balaban J connectivity index is 1.52. The predicted molar refractivity (Wildman–Crippen MR) is 118 cm³/mol. The summed E-state index contributed by atoms with van der Waals surface area (Å²) >= 11 is 3.05. The van der Waals surface area contributed by atoms with E-state index in [0.717, 1.165) is 18.8 Å². The molecule has 2 aromatic heterocycles. The van der Waals surface area contributed by atoms with E-state index < -0.39 is 5.25 Å². The first-order valence-electron chi connectivity index (χ1n) is 9.86. The second-order valence-corrected chi connectivity index (χ2v) is 9.36. The molecule has 0 spiro atoms. The molecule has 9 heteroatoms. The van der Waals surface area contributed by atoms with Crippen LogP contribution >= 0.6 is 23.1 Å². The maximum absolute atomic E-state index is 12.7. The number of imide groups is 1. The zero-order chi connectivity index (χ0) is 20.9. The summed E-state index contributed by atoms with van der Waals surface area (Å²) in [7, 11) is 0. The fraction of sp³-hybridized carbons (Fsp3) is 0.333. The molecule has 3 aromatic rings. The number of thiophene rings is 1. The lowest BCUT2D eigenvalue weighted by atomic mass is 10.1. The molecule has 1 N–H and O–H groups in total. The predicted octanol–water partition coefficient (Wildman–Crippen LogP) is 3.21. The number of carbonyl (C=O) groups excluding carboxylic acids is 2. The molecule has 0 radical (unpaired) electrons. The lowest BCUT2D eigenvalue weighted by Crippen LogP contribution is -2.39. The Morgan fingerprint density at radius 3 is 2.77 bits per heavy atom. The summed E-state index contributed by atoms with van der Waals surface area (Å²) in [5, 5.41) is 13.8. The highest BCUT2D eigenvalue weighted by atomic mass is 32.2. The molecule has 3 heterocycles. The van der Waals surface area contributed by atoms with E-state index in [1.54, 1.807) is 11.3 Å². The number of amides is 3. The van der Waals surface area contributed by atoms with E-state index in [4.69, 9.17) is 0 Å². The topological polar surface area (TPSA) is 80.1 Å². The van der Waals surface area contributed by atoms with Gasteiger partial charge in [0, 0.05) is 30.9 Å². The van der Waals surface area contributed by atoms with Crippen molar-refractivity contribution in [2.45, 2.75) is 36.7 Å². The van der Waals surface area contributed by atoms with Crippen molar-refractivity contribution in [2.75, 3.05) is 13.1 Å². The Hall–Kier alpha value is -2.65. The Labute approximate surface area is 183 Å². The van der Waals surface area contributed by atoms with Gasteiger partial charge in [0.25, 0.3) is 0 Å². The zero-order valence-corrected chi connectivity index (χ0v) is 18.3. The quantitative estimate of drug-likeness (QED) is 0.543. The van der Waals surface area contributed by atoms with Crippen LogP contribution in [0.15, 0.2) is 53.0 Å². The van der Waals surface area contributed by atoms with Gasteiger partial charge in [0.05, 0.1) is 5.25 Å². The number of nitrogens with one attached hydrogen (secondary N) is 1. The number of carbonyl (C=O) groups is 2. The van der Waals surface area contributed by atoms with E-state index >= 15 is 0 Å². The number of rotatable bonds is 8. The van der Waals surface area contributed by atoms with Gasteiger partial charge < -0.3 is 9.88 Å². The monoisotopic (exact) mass is 441 g/mol. The van der Waals surface area contributed by atoms with Gasteiger partial charge in [-0.15, -0.1) is 21.5 Å². The highest BCUT2D eigenvalue weighted by molar-refractivity contribution is 8.00. The second-order valence-electron chi connectivity index (χ2n) is 7.02. The van der Waals surface area contributed by atoms with Crippen molar-refractivity contribution in [2.24, 2.45) is 0 Å². The smallest absolute Gasteiger partial charge is 0.324 e.